The van der Waals surface area contributed by atoms with E-state index in [-0.39, 0.29) is 6.04 Å². The van der Waals surface area contributed by atoms with E-state index in [1.807, 2.05) is 19.1 Å². The Morgan fingerprint density at radius 2 is 2.19 bits per heavy atom. The third-order valence-corrected chi connectivity index (χ3v) is 3.74. The molecule has 0 radical (unpaired) electrons. The molecule has 21 heavy (non-hydrogen) atoms. The van der Waals surface area contributed by atoms with Gasteiger partial charge in [-0.15, -0.1) is 0 Å². The van der Waals surface area contributed by atoms with E-state index in [1.165, 1.54) is 11.1 Å². The van der Waals surface area contributed by atoms with Crippen LogP contribution >= 0.6 is 0 Å². The zero-order chi connectivity index (χ0) is 14.7. The van der Waals surface area contributed by atoms with Crippen molar-refractivity contribution in [1.29, 1.82) is 0 Å². The Hall–Kier alpha value is -1.78. The fraction of sp³-hybridized carbons (Fsp3) is 0.412. The molecule has 0 spiro atoms. The molecule has 112 valence electrons. The van der Waals surface area contributed by atoms with Crippen molar-refractivity contribution in [3.63, 3.8) is 0 Å². The zero-order valence-corrected chi connectivity index (χ0v) is 12.5. The number of aryl methyl sites for hydroxylation is 1. The number of ether oxygens (including phenoxy) is 2. The molecular formula is C17H21NO3. The number of hydrogen-bond donors (Lipinski definition) is 1. The molecule has 1 N–H and O–H groups in total. The predicted molar refractivity (Wildman–Crippen MR) is 80.5 cm³/mol. The zero-order valence-electron chi connectivity index (χ0n) is 12.5. The minimum Gasteiger partial charge on any atom is -0.493 e. The van der Waals surface area contributed by atoms with Gasteiger partial charge in [0.2, 0.25) is 0 Å². The van der Waals surface area contributed by atoms with Crippen molar-refractivity contribution in [3.05, 3.63) is 53.0 Å². The first-order chi connectivity index (χ1) is 10.3. The van der Waals surface area contributed by atoms with Crippen LogP contribution in [0.15, 0.2) is 34.7 Å². The quantitative estimate of drug-likeness (QED) is 0.887. The van der Waals surface area contributed by atoms with Crippen molar-refractivity contribution in [2.24, 2.45) is 0 Å². The Labute approximate surface area is 125 Å². The van der Waals surface area contributed by atoms with Crippen molar-refractivity contribution >= 4 is 0 Å². The fourth-order valence-corrected chi connectivity index (χ4v) is 2.64. The molecule has 0 aliphatic carbocycles. The Kier molecular flexibility index (Phi) is 4.27. The minimum absolute atomic E-state index is 0.0632. The lowest BCUT2D eigenvalue weighted by molar-refractivity contribution is 0.156. The first-order valence-corrected chi connectivity index (χ1v) is 7.29. The normalized spacial score (nSPS) is 14.8. The number of hydrogen-bond acceptors (Lipinski definition) is 4. The van der Waals surface area contributed by atoms with E-state index in [0.29, 0.717) is 6.61 Å². The van der Waals surface area contributed by atoms with Crippen LogP contribution in [-0.4, -0.2) is 20.3 Å². The highest BCUT2D eigenvalue weighted by molar-refractivity contribution is 5.39. The van der Waals surface area contributed by atoms with Crippen molar-refractivity contribution in [2.45, 2.75) is 25.9 Å². The SMILES string of the molecule is COCC(NCc1ccc2c(c1)CCO2)c1ccc(C)o1. The topological polar surface area (TPSA) is 43.6 Å². The molecule has 0 saturated heterocycles. The summed E-state index contributed by atoms with van der Waals surface area (Å²) in [5, 5.41) is 3.50. The largest absolute Gasteiger partial charge is 0.493 e. The van der Waals surface area contributed by atoms with Crippen LogP contribution < -0.4 is 10.1 Å². The van der Waals surface area contributed by atoms with E-state index < -0.39 is 0 Å². The van der Waals surface area contributed by atoms with Crippen molar-refractivity contribution in [2.75, 3.05) is 20.3 Å². The molecule has 1 aromatic carbocycles. The smallest absolute Gasteiger partial charge is 0.123 e. The maximum atomic E-state index is 5.70. The van der Waals surface area contributed by atoms with Gasteiger partial charge in [0.25, 0.3) is 0 Å². The maximum Gasteiger partial charge on any atom is 0.123 e. The van der Waals surface area contributed by atoms with E-state index in [9.17, 15) is 0 Å². The summed E-state index contributed by atoms with van der Waals surface area (Å²) in [4.78, 5) is 0. The molecule has 0 fully saturated rings. The van der Waals surface area contributed by atoms with Gasteiger partial charge in [0.15, 0.2) is 0 Å². The van der Waals surface area contributed by atoms with Crippen LogP contribution in [0.25, 0.3) is 0 Å². The highest BCUT2D eigenvalue weighted by Gasteiger charge is 2.16. The Bertz CT molecular complexity index is 606. The summed E-state index contributed by atoms with van der Waals surface area (Å²) in [6.07, 6.45) is 1.00. The second-order valence-corrected chi connectivity index (χ2v) is 5.38. The lowest BCUT2D eigenvalue weighted by Crippen LogP contribution is -2.24. The molecule has 4 heteroatoms. The van der Waals surface area contributed by atoms with Crippen LogP contribution in [0.2, 0.25) is 0 Å². The van der Waals surface area contributed by atoms with E-state index in [2.05, 4.69) is 23.5 Å². The number of furan rings is 1. The summed E-state index contributed by atoms with van der Waals surface area (Å²) in [6, 6.07) is 10.4. The van der Waals surface area contributed by atoms with Crippen molar-refractivity contribution < 1.29 is 13.9 Å². The van der Waals surface area contributed by atoms with E-state index in [4.69, 9.17) is 13.9 Å². The monoisotopic (exact) mass is 287 g/mol. The van der Waals surface area contributed by atoms with Gasteiger partial charge < -0.3 is 19.2 Å². The van der Waals surface area contributed by atoms with E-state index in [1.54, 1.807) is 7.11 Å². The summed E-state index contributed by atoms with van der Waals surface area (Å²) in [6.45, 7) is 4.11. The van der Waals surface area contributed by atoms with Gasteiger partial charge >= 0.3 is 0 Å². The first-order valence-electron chi connectivity index (χ1n) is 7.29. The number of rotatable bonds is 6. The molecule has 1 unspecified atom stereocenters. The molecule has 3 rings (SSSR count). The van der Waals surface area contributed by atoms with Gasteiger partial charge in [-0.25, -0.2) is 0 Å². The van der Waals surface area contributed by atoms with Gasteiger partial charge in [0, 0.05) is 20.1 Å². The van der Waals surface area contributed by atoms with Gasteiger partial charge in [-0.1, -0.05) is 12.1 Å². The highest BCUT2D eigenvalue weighted by atomic mass is 16.5. The summed E-state index contributed by atoms with van der Waals surface area (Å²) in [5.41, 5.74) is 2.55. The van der Waals surface area contributed by atoms with Gasteiger partial charge in [0.05, 0.1) is 19.3 Å². The molecular weight excluding hydrogens is 266 g/mol. The Morgan fingerprint density at radius 1 is 1.29 bits per heavy atom. The third-order valence-electron chi connectivity index (χ3n) is 3.74. The average molecular weight is 287 g/mol. The van der Waals surface area contributed by atoms with Crippen molar-refractivity contribution in [1.82, 2.24) is 5.32 Å². The second-order valence-electron chi connectivity index (χ2n) is 5.38. The van der Waals surface area contributed by atoms with Crippen LogP contribution in [0.4, 0.5) is 0 Å². The van der Waals surface area contributed by atoms with Gasteiger partial charge in [-0.2, -0.15) is 0 Å². The maximum absolute atomic E-state index is 5.70. The lowest BCUT2D eigenvalue weighted by atomic mass is 10.1. The summed E-state index contributed by atoms with van der Waals surface area (Å²) < 4.78 is 16.5. The minimum atomic E-state index is 0.0632. The fourth-order valence-electron chi connectivity index (χ4n) is 2.64. The Balaban J connectivity index is 1.66. The summed E-state index contributed by atoms with van der Waals surface area (Å²) in [7, 11) is 1.71. The molecule has 1 aliphatic heterocycles. The molecule has 2 aromatic rings. The van der Waals surface area contributed by atoms with Crippen LogP contribution in [0.5, 0.6) is 5.75 Å². The van der Waals surface area contributed by atoms with Crippen molar-refractivity contribution in [3.8, 4) is 5.75 Å². The highest BCUT2D eigenvalue weighted by Crippen LogP contribution is 2.26. The van der Waals surface area contributed by atoms with Crippen LogP contribution in [0.1, 0.15) is 28.7 Å². The molecule has 0 saturated carbocycles. The molecule has 2 heterocycles. The number of nitrogens with one attached hydrogen (secondary N) is 1. The van der Waals surface area contributed by atoms with Crippen LogP contribution in [0, 0.1) is 6.92 Å². The summed E-state index contributed by atoms with van der Waals surface area (Å²) >= 11 is 0. The standard InChI is InChI=1S/C17H21NO3/c1-12-3-5-17(21-12)15(11-19-2)18-10-13-4-6-16-14(9-13)7-8-20-16/h3-6,9,15,18H,7-8,10-11H2,1-2H3. The van der Waals surface area contributed by atoms with Gasteiger partial charge in [-0.05, 0) is 36.2 Å². The molecule has 0 bridgehead atoms. The van der Waals surface area contributed by atoms with Gasteiger partial charge in [0.1, 0.15) is 17.3 Å². The second kappa shape index (κ2) is 6.33. The van der Waals surface area contributed by atoms with E-state index >= 15 is 0 Å². The Morgan fingerprint density at radius 3 is 2.95 bits per heavy atom. The van der Waals surface area contributed by atoms with Crippen LogP contribution in [-0.2, 0) is 17.7 Å². The average Bonchev–Trinajstić information content (AvgIpc) is 3.11. The lowest BCUT2D eigenvalue weighted by Gasteiger charge is -2.16. The molecule has 1 aliphatic rings. The number of fused-ring (bicyclic) bond motifs is 1. The van der Waals surface area contributed by atoms with Gasteiger partial charge in [-0.3, -0.25) is 0 Å². The first kappa shape index (κ1) is 14.2. The molecule has 0 amide bonds. The predicted octanol–water partition coefficient (Wildman–Crippen LogP) is 3.00. The number of benzene rings is 1. The number of methoxy groups -OCH3 is 1. The van der Waals surface area contributed by atoms with E-state index in [0.717, 1.165) is 36.8 Å². The molecule has 1 aromatic heterocycles. The molecule has 1 atom stereocenters. The third kappa shape index (κ3) is 3.28. The van der Waals surface area contributed by atoms with Crippen LogP contribution in [0.3, 0.4) is 0 Å². The molecule has 4 nitrogen and oxygen atoms in total. The summed E-state index contributed by atoms with van der Waals surface area (Å²) in [5.74, 6) is 2.86.